The zero-order chi connectivity index (χ0) is 67.2. The van der Waals surface area contributed by atoms with Crippen molar-refractivity contribution in [3.8, 4) is 0 Å². The fourth-order valence-electron chi connectivity index (χ4n) is 12.1. The van der Waals surface area contributed by atoms with Crippen LogP contribution in [0.1, 0.15) is 130 Å². The van der Waals surface area contributed by atoms with Gasteiger partial charge in [0.05, 0.1) is 105 Å². The summed E-state index contributed by atoms with van der Waals surface area (Å²) >= 11 is 0. The van der Waals surface area contributed by atoms with Crippen molar-refractivity contribution in [2.45, 2.75) is 160 Å². The van der Waals surface area contributed by atoms with E-state index in [1.165, 1.54) is 19.0 Å². The summed E-state index contributed by atoms with van der Waals surface area (Å²) in [5.74, 6) is -0.308. The van der Waals surface area contributed by atoms with E-state index in [0.29, 0.717) is 34.8 Å². The fraction of sp³-hybridized carbons (Fsp3) is 0.463. The van der Waals surface area contributed by atoms with E-state index < -0.39 is 81.6 Å². The Kier molecular flexibility index (Phi) is 19.6. The third-order valence-corrected chi connectivity index (χ3v) is 23.9. The van der Waals surface area contributed by atoms with Crippen LogP contribution in [-0.4, -0.2) is 150 Å². The molecule has 4 aliphatic rings. The molecule has 5 N–H and O–H groups in total. The smallest absolute Gasteiger partial charge is 0.255 e. The minimum absolute atomic E-state index is 0.0493. The number of fused-ring (bicyclic) bond motifs is 4. The van der Waals surface area contributed by atoms with Gasteiger partial charge in [-0.3, -0.25) is 4.79 Å². The number of benzene rings is 1. The van der Waals surface area contributed by atoms with Crippen molar-refractivity contribution < 1.29 is 61.8 Å². The van der Waals surface area contributed by atoms with Gasteiger partial charge in [0.2, 0.25) is 0 Å². The predicted octanol–water partition coefficient (Wildman–Crippen LogP) is 10.6. The molecule has 0 radical (unpaired) electrons. The number of rotatable bonds is 12. The lowest BCUT2D eigenvalue weighted by atomic mass is 9.85. The number of nitrogens with zero attached hydrogens (tertiary/aromatic N) is 11. The number of hydrogen-bond donors (Lipinski definition) is 5. The van der Waals surface area contributed by atoms with E-state index in [2.05, 4.69) is 94.6 Å². The van der Waals surface area contributed by atoms with Gasteiger partial charge in [-0.2, -0.15) is 20.4 Å². The number of halogens is 3. The van der Waals surface area contributed by atoms with Crippen LogP contribution >= 0.6 is 0 Å². The van der Waals surface area contributed by atoms with Crippen LogP contribution in [0.25, 0.3) is 22.1 Å². The number of hydrogen-bond acceptors (Lipinski definition) is 17. The first kappa shape index (κ1) is 67.9. The number of ether oxygens (including phenoxy) is 4. The first-order valence-corrected chi connectivity index (χ1v) is 34.0. The van der Waals surface area contributed by atoms with Gasteiger partial charge in [0.1, 0.15) is 61.0 Å². The van der Waals surface area contributed by atoms with Crippen molar-refractivity contribution in [1.82, 2.24) is 53.4 Å². The summed E-state index contributed by atoms with van der Waals surface area (Å²) in [5.41, 5.74) is 7.48. The molecule has 496 valence electrons. The van der Waals surface area contributed by atoms with Crippen LogP contribution in [0.4, 0.5) is 18.9 Å². The highest BCUT2D eigenvalue weighted by Gasteiger charge is 2.55. The largest absolute Gasteiger partial charge is 0.486 e. The van der Waals surface area contributed by atoms with Crippen molar-refractivity contribution >= 4 is 42.0 Å². The molecule has 13 atom stereocenters. The van der Waals surface area contributed by atoms with Gasteiger partial charge in [0.15, 0.2) is 26.7 Å². The Morgan fingerprint density at radius 1 is 0.613 bits per heavy atom. The number of aliphatic hydroxyl groups is 4. The zero-order valence-corrected chi connectivity index (χ0v) is 55.4. The van der Waals surface area contributed by atoms with E-state index in [9.17, 15) is 38.4 Å². The Balaban J connectivity index is 0.000000140. The summed E-state index contributed by atoms with van der Waals surface area (Å²) in [6, 6.07) is 25.7. The lowest BCUT2D eigenvalue weighted by Gasteiger charge is -2.39. The third-order valence-electron chi connectivity index (χ3n) is 19.4. The first-order chi connectivity index (χ1) is 44.2. The van der Waals surface area contributed by atoms with Crippen LogP contribution < -0.4 is 5.32 Å². The average molecular weight is 1300 g/mol. The van der Waals surface area contributed by atoms with Crippen molar-refractivity contribution in [3.63, 3.8) is 0 Å². The Morgan fingerprint density at radius 3 is 1.47 bits per heavy atom. The molecule has 93 heavy (non-hydrogen) atoms. The molecular weight excluding hydrogens is 1220 g/mol. The molecule has 0 saturated carbocycles. The maximum absolute atomic E-state index is 14.7. The molecule has 4 saturated heterocycles. The topological polar surface area (TPSA) is 264 Å². The molecule has 4 aliphatic heterocycles. The standard InChI is InChI=1S/C26H33N3O3Si.C15H20FN3O2.C14H18FN3O3.C12H12FN3O2/c1-17-18(2)31-24(23(17)32-33(6,7)26(3,4)5)22-14-13-21-20(15-16-27-29(21)22)28-25(30)19-11-9-8-10-12-19;1-4-15(7-20)9(2)13(16)14(21-15)12-6-5-11-10(3)17-8-18-19(11)12;1-8-12(15)13(21-14(8,5-19)6-20)11-4-3-10-9(2)16-7-17-18(10)11;1-6-8-3-4-9(16(8)15-5-14-6)12-10(13)11(17)7(2)18-12/h8-17,23-24H,2H2,1,3-7H3,(H,28,30);5-6,8-9,13-14,20H,4,7H2,1-3H3;3-4,7-8,12-13,19-20H,5-6H2,1-2H3;3-5,10-12,17H,2H2,1H3/t17-,23-,24+;9-,13+,14-,15-;8-,12+,13-;10-,11-,12+/m1001/s1. The SMILES string of the molecule is C=C1O[C@@H](c2ccc3c(C)ncnn23)[C@H](F)[C@@H]1O.C=C1O[C@@H](c2ccc3c(NC(=O)c4ccccc4)ccnn23)[C@H](O[Si](C)(C)C(C)(C)C)[C@@H]1C.CC[C@@]1(CO)O[C@@H](c2ccc3c(C)ncnn23)[C@H](F)[C@@H]1C.Cc1ncnn2c([C@@H]3OC(CO)(CO)[C@@H](C)[C@H]3F)ccc12. The molecular formula is C67H83F3N12O10Si. The summed E-state index contributed by atoms with van der Waals surface area (Å²) in [7, 11) is -2.04. The highest BCUT2D eigenvalue weighted by Crippen LogP contribution is 2.50. The van der Waals surface area contributed by atoms with Gasteiger partial charge in [-0.25, -0.2) is 46.2 Å². The molecule has 26 heteroatoms. The van der Waals surface area contributed by atoms with Gasteiger partial charge < -0.3 is 49.1 Å². The lowest BCUT2D eigenvalue weighted by Crippen LogP contribution is -2.46. The number of carbonyl (C=O) groups is 1. The number of aryl methyl sites for hydroxylation is 3. The average Bonchev–Trinajstić information content (AvgIpc) is 1.64. The second kappa shape index (κ2) is 26.8. The van der Waals surface area contributed by atoms with E-state index in [1.807, 2.05) is 80.7 Å². The fourth-order valence-corrected chi connectivity index (χ4v) is 13.5. The van der Waals surface area contributed by atoms with Gasteiger partial charge in [-0.1, -0.05) is 79.8 Å². The summed E-state index contributed by atoms with van der Waals surface area (Å²) in [4.78, 5) is 25.0. The Bertz CT molecular complexity index is 4030. The zero-order valence-electron chi connectivity index (χ0n) is 54.4. The molecule has 12 heterocycles. The summed E-state index contributed by atoms with van der Waals surface area (Å²) in [5, 5.41) is 58.2. The normalized spacial score (nSPS) is 26.7. The first-order valence-electron chi connectivity index (χ1n) is 31.0. The number of carbonyl (C=O) groups excluding carboxylic acids is 1. The molecule has 0 aliphatic carbocycles. The summed E-state index contributed by atoms with van der Waals surface area (Å²) in [6.45, 7) is 30.8. The van der Waals surface area contributed by atoms with Crippen molar-refractivity contribution in [3.05, 3.63) is 180 Å². The number of aliphatic hydroxyl groups excluding tert-OH is 4. The third kappa shape index (κ3) is 12.6. The molecule has 8 aromatic heterocycles. The van der Waals surface area contributed by atoms with Crippen LogP contribution in [0.15, 0.2) is 135 Å². The van der Waals surface area contributed by atoms with E-state index in [1.54, 1.807) is 70.0 Å². The predicted molar refractivity (Wildman–Crippen MR) is 344 cm³/mol. The molecule has 9 aromatic rings. The van der Waals surface area contributed by atoms with E-state index in [0.717, 1.165) is 50.6 Å². The van der Waals surface area contributed by atoms with Gasteiger partial charge >= 0.3 is 0 Å². The van der Waals surface area contributed by atoms with Crippen LogP contribution in [-0.2, 0) is 23.4 Å². The highest BCUT2D eigenvalue weighted by atomic mass is 28.4. The molecule has 13 rings (SSSR count). The number of amides is 1. The van der Waals surface area contributed by atoms with Gasteiger partial charge in [0.25, 0.3) is 5.91 Å². The van der Waals surface area contributed by atoms with Crippen LogP contribution in [0.5, 0.6) is 0 Å². The van der Waals surface area contributed by atoms with Crippen LogP contribution in [0.3, 0.4) is 0 Å². The summed E-state index contributed by atoms with van der Waals surface area (Å²) in [6.07, 6.45) is -1.77. The monoisotopic (exact) mass is 1300 g/mol. The Labute approximate surface area is 538 Å². The molecule has 22 nitrogen and oxygen atoms in total. The Morgan fingerprint density at radius 2 is 1.04 bits per heavy atom. The van der Waals surface area contributed by atoms with Crippen LogP contribution in [0, 0.1) is 38.5 Å². The minimum Gasteiger partial charge on any atom is -0.486 e. The highest BCUT2D eigenvalue weighted by molar-refractivity contribution is 6.74. The second-order valence-corrected chi connectivity index (χ2v) is 30.6. The van der Waals surface area contributed by atoms with Gasteiger partial charge in [-0.05, 0) is 112 Å². The maximum Gasteiger partial charge on any atom is 0.255 e. The number of aromatic nitrogens is 11. The quantitative estimate of drug-likeness (QED) is 0.0712. The number of alkyl halides is 3. The van der Waals surface area contributed by atoms with E-state index in [-0.39, 0.29) is 47.4 Å². The lowest BCUT2D eigenvalue weighted by molar-refractivity contribution is -0.118. The van der Waals surface area contributed by atoms with Crippen molar-refractivity contribution in [2.24, 2.45) is 17.8 Å². The van der Waals surface area contributed by atoms with E-state index >= 15 is 0 Å². The van der Waals surface area contributed by atoms with Gasteiger partial charge in [-0.15, -0.1) is 0 Å². The van der Waals surface area contributed by atoms with Crippen LogP contribution in [0.2, 0.25) is 18.1 Å². The molecule has 4 fully saturated rings. The second-order valence-electron chi connectivity index (χ2n) is 25.9. The summed E-state index contributed by atoms with van der Waals surface area (Å²) < 4.78 is 80.0. The molecule has 0 bridgehead atoms. The van der Waals surface area contributed by atoms with Gasteiger partial charge in [0, 0.05) is 29.5 Å². The van der Waals surface area contributed by atoms with Crippen molar-refractivity contribution in [1.29, 1.82) is 0 Å². The number of anilines is 1. The maximum atomic E-state index is 14.7. The Hall–Kier alpha value is -7.95. The molecule has 0 spiro atoms. The number of nitrogens with one attached hydrogen (secondary N) is 1. The van der Waals surface area contributed by atoms with Crippen molar-refractivity contribution in [2.75, 3.05) is 25.1 Å². The molecule has 1 amide bonds. The minimum atomic E-state index is -2.04. The van der Waals surface area contributed by atoms with E-state index in [4.69, 9.17) is 23.4 Å². The molecule has 0 unspecified atom stereocenters. The molecule has 1 aromatic carbocycles.